The number of rotatable bonds is 1. The standard InChI is InChI=1S/C5H8F2O.Y/c6-5(7)1-4(2-5)3-8;/h4,8H,1-3H2;. The topological polar surface area (TPSA) is 20.2 Å². The molecule has 0 atom stereocenters. The average molecular weight is 211 g/mol. The van der Waals surface area contributed by atoms with Gasteiger partial charge in [0.05, 0.1) is 0 Å². The van der Waals surface area contributed by atoms with Gasteiger partial charge in [0.2, 0.25) is 5.92 Å². The molecule has 1 nitrogen and oxygen atoms in total. The van der Waals surface area contributed by atoms with E-state index in [9.17, 15) is 8.78 Å². The van der Waals surface area contributed by atoms with Crippen molar-refractivity contribution in [3.05, 3.63) is 0 Å². The van der Waals surface area contributed by atoms with Crippen molar-refractivity contribution in [1.82, 2.24) is 0 Å². The summed E-state index contributed by atoms with van der Waals surface area (Å²) < 4.78 is 23.7. The number of hydrogen-bond donors (Lipinski definition) is 1. The minimum Gasteiger partial charge on any atom is -0.396 e. The zero-order chi connectivity index (χ0) is 6.20. The first kappa shape index (κ1) is 9.92. The van der Waals surface area contributed by atoms with E-state index in [1.165, 1.54) is 0 Å². The maximum absolute atomic E-state index is 11.9. The maximum Gasteiger partial charge on any atom is 0.248 e. The molecular weight excluding hydrogens is 203 g/mol. The van der Waals surface area contributed by atoms with Gasteiger partial charge in [-0.2, -0.15) is 0 Å². The number of halogens is 2. The van der Waals surface area contributed by atoms with E-state index in [2.05, 4.69) is 0 Å². The number of hydrogen-bond acceptors (Lipinski definition) is 1. The smallest absolute Gasteiger partial charge is 0.248 e. The zero-order valence-corrected chi connectivity index (χ0v) is 7.82. The number of aliphatic hydroxyl groups is 1. The molecule has 1 saturated carbocycles. The molecule has 0 spiro atoms. The van der Waals surface area contributed by atoms with E-state index >= 15 is 0 Å². The van der Waals surface area contributed by atoms with E-state index in [1.54, 1.807) is 0 Å². The van der Waals surface area contributed by atoms with Crippen LogP contribution in [0.3, 0.4) is 0 Å². The van der Waals surface area contributed by atoms with E-state index < -0.39 is 5.92 Å². The predicted octanol–water partition coefficient (Wildman–Crippen LogP) is 1.02. The van der Waals surface area contributed by atoms with Crippen LogP contribution in [0.25, 0.3) is 0 Å². The van der Waals surface area contributed by atoms with Gasteiger partial charge in [-0.25, -0.2) is 8.78 Å². The summed E-state index contributed by atoms with van der Waals surface area (Å²) >= 11 is 0. The summed E-state index contributed by atoms with van der Waals surface area (Å²) in [6, 6.07) is 0. The van der Waals surface area contributed by atoms with Crippen LogP contribution in [-0.4, -0.2) is 17.6 Å². The first-order chi connectivity index (χ1) is 3.64. The van der Waals surface area contributed by atoms with Gasteiger partial charge in [-0.05, 0) is 5.92 Å². The van der Waals surface area contributed by atoms with Crippen LogP contribution in [0.4, 0.5) is 8.78 Å². The van der Waals surface area contributed by atoms with Crippen LogP contribution in [0.5, 0.6) is 0 Å². The van der Waals surface area contributed by atoms with Crippen LogP contribution < -0.4 is 0 Å². The van der Waals surface area contributed by atoms with Crippen molar-refractivity contribution in [2.24, 2.45) is 5.92 Å². The van der Waals surface area contributed by atoms with Gasteiger partial charge < -0.3 is 5.11 Å². The van der Waals surface area contributed by atoms with Crippen molar-refractivity contribution in [2.75, 3.05) is 6.61 Å². The molecule has 1 N–H and O–H groups in total. The molecule has 0 saturated heterocycles. The van der Waals surface area contributed by atoms with Crippen LogP contribution in [0.1, 0.15) is 12.8 Å². The summed E-state index contributed by atoms with van der Waals surface area (Å²) in [4.78, 5) is 0. The van der Waals surface area contributed by atoms with Gasteiger partial charge in [0, 0.05) is 52.2 Å². The Morgan fingerprint density at radius 2 is 1.89 bits per heavy atom. The minimum atomic E-state index is -2.46. The maximum atomic E-state index is 11.9. The Labute approximate surface area is 77.7 Å². The molecular formula is C5H8F2OY. The normalized spacial score (nSPS) is 24.3. The second kappa shape index (κ2) is 3.35. The Hall–Kier alpha value is 0.924. The number of aliphatic hydroxyl groups excluding tert-OH is 1. The fourth-order valence-electron chi connectivity index (χ4n) is 0.914. The number of alkyl halides is 2. The van der Waals surface area contributed by atoms with Crippen molar-refractivity contribution in [3.63, 3.8) is 0 Å². The van der Waals surface area contributed by atoms with E-state index in [0.29, 0.717) is 0 Å². The van der Waals surface area contributed by atoms with Gasteiger partial charge in [0.15, 0.2) is 0 Å². The fourth-order valence-corrected chi connectivity index (χ4v) is 0.914. The third kappa shape index (κ3) is 2.56. The first-order valence-corrected chi connectivity index (χ1v) is 2.63. The van der Waals surface area contributed by atoms with Crippen LogP contribution >= 0.6 is 0 Å². The Kier molecular flexibility index (Phi) is 3.70. The van der Waals surface area contributed by atoms with Crippen molar-refractivity contribution in [3.8, 4) is 0 Å². The van der Waals surface area contributed by atoms with E-state index in [4.69, 9.17) is 5.11 Å². The summed E-state index contributed by atoms with van der Waals surface area (Å²) in [5.41, 5.74) is 0. The molecule has 1 rings (SSSR count). The minimum absolute atomic E-state index is 0. The molecule has 1 fully saturated rings. The quantitative estimate of drug-likeness (QED) is 0.686. The summed E-state index contributed by atoms with van der Waals surface area (Å²) in [5, 5.41) is 8.28. The fraction of sp³-hybridized carbons (Fsp3) is 1.00. The van der Waals surface area contributed by atoms with E-state index in [-0.39, 0.29) is 58.1 Å². The summed E-state index contributed by atoms with van der Waals surface area (Å²) in [6.07, 6.45) is -0.243. The molecule has 51 valence electrons. The molecule has 0 heterocycles. The molecule has 0 aromatic rings. The zero-order valence-electron chi connectivity index (χ0n) is 4.98. The first-order valence-electron chi connectivity index (χ1n) is 2.63. The Morgan fingerprint density at radius 3 is 2.00 bits per heavy atom. The molecule has 0 amide bonds. The molecule has 0 bridgehead atoms. The molecule has 1 aliphatic rings. The van der Waals surface area contributed by atoms with E-state index in [1.807, 2.05) is 0 Å². The SMILES string of the molecule is OCC1CC(F)(F)C1.[Y]. The van der Waals surface area contributed by atoms with Crippen LogP contribution in [0, 0.1) is 5.92 Å². The Bertz CT molecular complexity index is 89.0. The summed E-state index contributed by atoms with van der Waals surface area (Å²) in [6.45, 7) is -0.0877. The molecule has 0 aromatic heterocycles. The van der Waals surface area contributed by atoms with Gasteiger partial charge >= 0.3 is 0 Å². The third-order valence-corrected chi connectivity index (χ3v) is 1.43. The van der Waals surface area contributed by atoms with Gasteiger partial charge in [0.1, 0.15) is 0 Å². The third-order valence-electron chi connectivity index (χ3n) is 1.43. The van der Waals surface area contributed by atoms with Gasteiger partial charge in [-0.1, -0.05) is 0 Å². The van der Waals surface area contributed by atoms with Gasteiger partial charge in [0.25, 0.3) is 0 Å². The second-order valence-electron chi connectivity index (χ2n) is 2.31. The molecule has 1 radical (unpaired) electrons. The summed E-state index contributed by atoms with van der Waals surface area (Å²) in [5.74, 6) is -2.60. The monoisotopic (exact) mass is 211 g/mol. The molecule has 4 heteroatoms. The van der Waals surface area contributed by atoms with Crippen molar-refractivity contribution in [2.45, 2.75) is 18.8 Å². The largest absolute Gasteiger partial charge is 0.396 e. The molecule has 1 aliphatic carbocycles. The van der Waals surface area contributed by atoms with Crippen LogP contribution in [-0.2, 0) is 32.7 Å². The predicted molar refractivity (Wildman–Crippen MR) is 24.8 cm³/mol. The van der Waals surface area contributed by atoms with Crippen LogP contribution in [0.2, 0.25) is 0 Å². The Balaban J connectivity index is 0.000000640. The molecule has 0 aromatic carbocycles. The van der Waals surface area contributed by atoms with Crippen molar-refractivity contribution in [1.29, 1.82) is 0 Å². The van der Waals surface area contributed by atoms with Crippen molar-refractivity contribution < 1.29 is 46.6 Å². The van der Waals surface area contributed by atoms with Gasteiger partial charge in [-0.15, -0.1) is 0 Å². The van der Waals surface area contributed by atoms with Crippen LogP contribution in [0.15, 0.2) is 0 Å². The van der Waals surface area contributed by atoms with Crippen molar-refractivity contribution >= 4 is 0 Å². The van der Waals surface area contributed by atoms with E-state index in [0.717, 1.165) is 0 Å². The molecule has 0 unspecified atom stereocenters. The van der Waals surface area contributed by atoms with Gasteiger partial charge in [-0.3, -0.25) is 0 Å². The second-order valence-corrected chi connectivity index (χ2v) is 2.31. The summed E-state index contributed by atoms with van der Waals surface area (Å²) in [7, 11) is 0. The average Bonchev–Trinajstić information content (AvgIpc) is 1.60. The Morgan fingerprint density at radius 1 is 1.44 bits per heavy atom. The molecule has 9 heavy (non-hydrogen) atoms. The molecule has 0 aliphatic heterocycles.